The van der Waals surface area contributed by atoms with Crippen molar-refractivity contribution in [3.8, 4) is 0 Å². The number of hydrogen-bond acceptors (Lipinski definition) is 4. The standard InChI is InChI=1S/C21H34N4OS.HI/c1-3-20-16-25(12-13-27-20)21(22-2)23-14-17-4-6-18(7-5-17)15-24-10-8-19(26)9-11-24;/h4-7,19-20,26H,3,8-16H2,1-2H3,(H,22,23);1H. The van der Waals surface area contributed by atoms with Crippen LogP contribution >= 0.6 is 35.7 Å². The normalized spacial score (nSPS) is 22.0. The minimum atomic E-state index is -0.102. The quantitative estimate of drug-likeness (QED) is 0.357. The van der Waals surface area contributed by atoms with E-state index in [1.165, 1.54) is 23.3 Å². The van der Waals surface area contributed by atoms with Gasteiger partial charge in [-0.25, -0.2) is 0 Å². The molecule has 0 bridgehead atoms. The van der Waals surface area contributed by atoms with E-state index < -0.39 is 0 Å². The van der Waals surface area contributed by atoms with Gasteiger partial charge >= 0.3 is 0 Å². The number of likely N-dealkylation sites (tertiary alicyclic amines) is 1. The van der Waals surface area contributed by atoms with Crippen molar-refractivity contribution in [3.63, 3.8) is 0 Å². The predicted molar refractivity (Wildman–Crippen MR) is 131 cm³/mol. The van der Waals surface area contributed by atoms with Crippen LogP contribution in [0.4, 0.5) is 0 Å². The number of aliphatic imine (C=N–C) groups is 1. The van der Waals surface area contributed by atoms with E-state index in [1.54, 1.807) is 0 Å². The minimum absolute atomic E-state index is 0. The Balaban J connectivity index is 0.00000280. The maximum absolute atomic E-state index is 9.63. The molecular formula is C21H35IN4OS. The number of nitrogens with zero attached hydrogens (tertiary/aromatic N) is 3. The van der Waals surface area contributed by atoms with Crippen molar-refractivity contribution in [1.29, 1.82) is 0 Å². The van der Waals surface area contributed by atoms with Crippen molar-refractivity contribution >= 4 is 41.7 Å². The SMILES string of the molecule is CCC1CN(C(=NC)NCc2ccc(CN3CCC(O)CC3)cc2)CCS1.I. The van der Waals surface area contributed by atoms with Gasteiger partial charge in [0, 0.05) is 57.3 Å². The second-order valence-electron chi connectivity index (χ2n) is 7.57. The molecule has 7 heteroatoms. The Hall–Kier alpha value is -0.510. The van der Waals surface area contributed by atoms with Crippen LogP contribution < -0.4 is 5.32 Å². The van der Waals surface area contributed by atoms with Crippen molar-refractivity contribution in [3.05, 3.63) is 35.4 Å². The number of aliphatic hydroxyl groups is 1. The summed E-state index contributed by atoms with van der Waals surface area (Å²) in [7, 11) is 1.88. The van der Waals surface area contributed by atoms with Gasteiger partial charge in [0.1, 0.15) is 0 Å². The molecule has 1 atom stereocenters. The fourth-order valence-corrected chi connectivity index (χ4v) is 4.95. The largest absolute Gasteiger partial charge is 0.393 e. The highest BCUT2D eigenvalue weighted by atomic mass is 127. The average Bonchev–Trinajstić information content (AvgIpc) is 2.71. The first kappa shape index (κ1) is 23.8. The van der Waals surface area contributed by atoms with Crippen LogP contribution in [0.2, 0.25) is 0 Å². The molecule has 2 aliphatic rings. The number of piperidine rings is 1. The summed E-state index contributed by atoms with van der Waals surface area (Å²) in [6.07, 6.45) is 2.91. The molecule has 0 saturated carbocycles. The van der Waals surface area contributed by atoms with Gasteiger partial charge in [-0.1, -0.05) is 31.2 Å². The summed E-state index contributed by atoms with van der Waals surface area (Å²) in [5.41, 5.74) is 2.63. The molecule has 2 N–H and O–H groups in total. The first-order valence-electron chi connectivity index (χ1n) is 10.2. The molecule has 2 saturated heterocycles. The molecule has 0 radical (unpaired) electrons. The van der Waals surface area contributed by atoms with Gasteiger partial charge < -0.3 is 15.3 Å². The molecule has 158 valence electrons. The van der Waals surface area contributed by atoms with Crippen LogP contribution in [0, 0.1) is 0 Å². The molecule has 0 aliphatic carbocycles. The van der Waals surface area contributed by atoms with Crippen molar-refractivity contribution in [2.24, 2.45) is 4.99 Å². The topological polar surface area (TPSA) is 51.1 Å². The monoisotopic (exact) mass is 518 g/mol. The molecule has 2 heterocycles. The van der Waals surface area contributed by atoms with E-state index in [0.29, 0.717) is 5.25 Å². The molecule has 2 fully saturated rings. The Morgan fingerprint density at radius 3 is 2.50 bits per heavy atom. The molecule has 0 aromatic heterocycles. The van der Waals surface area contributed by atoms with Gasteiger partial charge in [-0.15, -0.1) is 24.0 Å². The summed E-state index contributed by atoms with van der Waals surface area (Å²) < 4.78 is 0. The number of benzene rings is 1. The number of guanidine groups is 1. The second-order valence-corrected chi connectivity index (χ2v) is 8.98. The van der Waals surface area contributed by atoms with Crippen molar-refractivity contribution in [2.75, 3.05) is 39.0 Å². The fourth-order valence-electron chi connectivity index (χ4n) is 3.77. The van der Waals surface area contributed by atoms with Crippen LogP contribution in [-0.2, 0) is 13.1 Å². The lowest BCUT2D eigenvalue weighted by Gasteiger charge is -2.34. The maximum atomic E-state index is 9.63. The van der Waals surface area contributed by atoms with E-state index in [0.717, 1.165) is 58.1 Å². The fraction of sp³-hybridized carbons (Fsp3) is 0.667. The summed E-state index contributed by atoms with van der Waals surface area (Å²) in [4.78, 5) is 9.32. The van der Waals surface area contributed by atoms with E-state index in [-0.39, 0.29) is 30.1 Å². The Labute approximate surface area is 191 Å². The van der Waals surface area contributed by atoms with E-state index in [4.69, 9.17) is 0 Å². The van der Waals surface area contributed by atoms with Gasteiger partial charge in [0.05, 0.1) is 6.10 Å². The number of rotatable bonds is 5. The van der Waals surface area contributed by atoms with E-state index in [9.17, 15) is 5.11 Å². The zero-order valence-electron chi connectivity index (χ0n) is 17.1. The highest BCUT2D eigenvalue weighted by Crippen LogP contribution is 2.21. The van der Waals surface area contributed by atoms with E-state index >= 15 is 0 Å². The van der Waals surface area contributed by atoms with Crippen LogP contribution in [0.1, 0.15) is 37.3 Å². The van der Waals surface area contributed by atoms with Crippen LogP contribution in [0.5, 0.6) is 0 Å². The van der Waals surface area contributed by atoms with Crippen molar-refractivity contribution in [1.82, 2.24) is 15.1 Å². The van der Waals surface area contributed by atoms with Crippen LogP contribution in [0.15, 0.2) is 29.3 Å². The molecule has 5 nitrogen and oxygen atoms in total. The summed E-state index contributed by atoms with van der Waals surface area (Å²) in [5.74, 6) is 2.20. The lowest BCUT2D eigenvalue weighted by atomic mass is 10.1. The Bertz CT molecular complexity index is 605. The second kappa shape index (κ2) is 12.2. The molecule has 1 aromatic rings. The third-order valence-electron chi connectivity index (χ3n) is 5.54. The number of hydrogen-bond donors (Lipinski definition) is 2. The summed E-state index contributed by atoms with van der Waals surface area (Å²) in [6.45, 7) is 8.20. The molecule has 28 heavy (non-hydrogen) atoms. The van der Waals surface area contributed by atoms with Gasteiger partial charge in [0.25, 0.3) is 0 Å². The number of thioether (sulfide) groups is 1. The third kappa shape index (κ3) is 7.07. The van der Waals surface area contributed by atoms with Crippen LogP contribution in [0.3, 0.4) is 0 Å². The predicted octanol–water partition coefficient (Wildman–Crippen LogP) is 3.16. The van der Waals surface area contributed by atoms with Crippen LogP contribution in [0.25, 0.3) is 0 Å². The first-order valence-corrected chi connectivity index (χ1v) is 11.3. The zero-order valence-corrected chi connectivity index (χ0v) is 20.3. The molecule has 3 rings (SSSR count). The highest BCUT2D eigenvalue weighted by molar-refractivity contribution is 14.0. The number of halogens is 1. The van der Waals surface area contributed by atoms with Gasteiger partial charge in [-0.05, 0) is 30.4 Å². The Morgan fingerprint density at radius 1 is 1.18 bits per heavy atom. The molecule has 0 amide bonds. The molecule has 1 unspecified atom stereocenters. The highest BCUT2D eigenvalue weighted by Gasteiger charge is 2.21. The average molecular weight is 519 g/mol. The summed E-state index contributed by atoms with van der Waals surface area (Å²) in [6, 6.07) is 8.90. The third-order valence-corrected chi connectivity index (χ3v) is 6.91. The lowest BCUT2D eigenvalue weighted by Crippen LogP contribution is -2.47. The maximum Gasteiger partial charge on any atom is 0.193 e. The van der Waals surface area contributed by atoms with Gasteiger partial charge in [-0.2, -0.15) is 11.8 Å². The molecule has 2 aliphatic heterocycles. The van der Waals surface area contributed by atoms with E-state index in [2.05, 4.69) is 63.1 Å². The van der Waals surface area contributed by atoms with Crippen molar-refractivity contribution in [2.45, 2.75) is 50.6 Å². The number of nitrogens with one attached hydrogen (secondary N) is 1. The lowest BCUT2D eigenvalue weighted by molar-refractivity contribution is 0.0792. The Kier molecular flexibility index (Phi) is 10.4. The zero-order chi connectivity index (χ0) is 19.1. The molecular weight excluding hydrogens is 483 g/mol. The summed E-state index contributed by atoms with van der Waals surface area (Å²) in [5, 5.41) is 13.9. The summed E-state index contributed by atoms with van der Waals surface area (Å²) >= 11 is 2.08. The van der Waals surface area contributed by atoms with Gasteiger partial charge in [-0.3, -0.25) is 9.89 Å². The van der Waals surface area contributed by atoms with Gasteiger partial charge in [0.2, 0.25) is 0 Å². The first-order chi connectivity index (χ1) is 13.2. The Morgan fingerprint density at radius 2 is 1.86 bits per heavy atom. The smallest absolute Gasteiger partial charge is 0.193 e. The van der Waals surface area contributed by atoms with E-state index in [1.807, 2.05) is 7.05 Å². The van der Waals surface area contributed by atoms with Gasteiger partial charge in [0.15, 0.2) is 5.96 Å². The molecule has 0 spiro atoms. The molecule has 1 aromatic carbocycles. The number of aliphatic hydroxyl groups excluding tert-OH is 1. The minimum Gasteiger partial charge on any atom is -0.393 e. The van der Waals surface area contributed by atoms with Crippen LogP contribution in [-0.4, -0.2) is 71.2 Å². The van der Waals surface area contributed by atoms with Crippen molar-refractivity contribution < 1.29 is 5.11 Å².